The van der Waals surface area contributed by atoms with Gasteiger partial charge in [-0.25, -0.2) is 9.59 Å². The molecule has 0 spiro atoms. The first-order chi connectivity index (χ1) is 33.7. The van der Waals surface area contributed by atoms with Crippen molar-refractivity contribution in [2.75, 3.05) is 13.7 Å². The van der Waals surface area contributed by atoms with Gasteiger partial charge in [-0.2, -0.15) is 0 Å². The van der Waals surface area contributed by atoms with E-state index in [0.717, 1.165) is 0 Å². The van der Waals surface area contributed by atoms with Crippen LogP contribution in [0.4, 0.5) is 0 Å². The van der Waals surface area contributed by atoms with E-state index in [1.54, 1.807) is 53.7 Å². The lowest BCUT2D eigenvalue weighted by molar-refractivity contribution is -0.333. The zero-order valence-electron chi connectivity index (χ0n) is 43.0. The highest BCUT2D eigenvalue weighted by Gasteiger charge is 2.53. The van der Waals surface area contributed by atoms with Crippen LogP contribution >= 0.6 is 23.2 Å². The van der Waals surface area contributed by atoms with Crippen molar-refractivity contribution >= 4 is 41.1 Å². The van der Waals surface area contributed by atoms with Gasteiger partial charge in [-0.3, -0.25) is 4.79 Å². The summed E-state index contributed by atoms with van der Waals surface area (Å²) in [6, 6.07) is 0. The second kappa shape index (κ2) is 26.5. The highest BCUT2D eigenvalue weighted by atomic mass is 35.5. The van der Waals surface area contributed by atoms with E-state index < -0.39 is 144 Å². The van der Waals surface area contributed by atoms with Crippen LogP contribution in [-0.4, -0.2) is 153 Å². The standard InChI is InChI=1S/C52H74Cl2O18/c1-13-30-22-26(6)33(56)18-16-15-17-31(23-66-51-45(65-12)42(61)44(29(9)67-51)69-49(64)35-32(14-2)36(53)39(58)37(54)38(35)57)48(63)68-34(28(8)55)20-19-25(5)21-27(7)43(30)70-50-41(60)40(59)46(52(10,11)72-50)71-47(62)24(3)4/h15-17,19,21-22,24,28-30,33-34,40-46,50-51,55-61H,13-14,18,20,23H2,1-12H3/b16-15+,25-19+,26-22+,27-21+,31-17+/t28-,29?,30+,33+,34+,40?,41-,42?,43+,44?,45?,46?,50?,51?/m1/s1. The van der Waals surface area contributed by atoms with Crippen LogP contribution in [0.2, 0.25) is 10.0 Å². The molecule has 7 N–H and O–H groups in total. The van der Waals surface area contributed by atoms with Gasteiger partial charge in [-0.15, -0.1) is 0 Å². The van der Waals surface area contributed by atoms with Gasteiger partial charge in [-0.1, -0.05) is 86.9 Å². The maximum atomic E-state index is 13.9. The Hall–Kier alpha value is -3.89. The number of phenols is 2. The molecule has 1 aromatic carbocycles. The third kappa shape index (κ3) is 14.7. The van der Waals surface area contributed by atoms with Gasteiger partial charge in [0.05, 0.1) is 47.5 Å². The van der Waals surface area contributed by atoms with E-state index >= 15 is 0 Å². The number of hydrogen-bond donors (Lipinski definition) is 7. The molecular formula is C52H74Cl2O18. The molecule has 3 aliphatic heterocycles. The summed E-state index contributed by atoms with van der Waals surface area (Å²) < 4.78 is 47.5. The van der Waals surface area contributed by atoms with Gasteiger partial charge < -0.3 is 73.6 Å². The number of allylic oxidation sites excluding steroid dienone is 4. The maximum Gasteiger partial charge on any atom is 0.342 e. The van der Waals surface area contributed by atoms with E-state index in [2.05, 4.69) is 0 Å². The smallest absolute Gasteiger partial charge is 0.342 e. The molecule has 0 radical (unpaired) electrons. The van der Waals surface area contributed by atoms with Crippen molar-refractivity contribution in [3.63, 3.8) is 0 Å². The molecule has 14 atom stereocenters. The molecule has 2 fully saturated rings. The molecule has 404 valence electrons. The van der Waals surface area contributed by atoms with Gasteiger partial charge in [0.15, 0.2) is 36.3 Å². The fraction of sp³-hybridized carbons (Fsp3) is 0.635. The number of hydrogen-bond acceptors (Lipinski definition) is 18. The Morgan fingerprint density at radius 3 is 2.17 bits per heavy atom. The summed E-state index contributed by atoms with van der Waals surface area (Å²) in [5.74, 6) is -4.78. The second-order valence-electron chi connectivity index (χ2n) is 19.4. The van der Waals surface area contributed by atoms with E-state index in [-0.39, 0.29) is 35.4 Å². The van der Waals surface area contributed by atoms with Gasteiger partial charge in [0.1, 0.15) is 46.7 Å². The second-order valence-corrected chi connectivity index (χ2v) is 20.1. The molecule has 3 heterocycles. The Balaban J connectivity index is 1.61. The molecule has 0 amide bonds. The Labute approximate surface area is 431 Å². The Bertz CT molecular complexity index is 2220. The minimum absolute atomic E-state index is 0.0372. The molecule has 2 saturated heterocycles. The average Bonchev–Trinajstić information content (AvgIpc) is 3.32. The van der Waals surface area contributed by atoms with Crippen molar-refractivity contribution in [1.29, 1.82) is 0 Å². The summed E-state index contributed by atoms with van der Waals surface area (Å²) in [5, 5.41) is 76.5. The topological polar surface area (TPSA) is 267 Å². The summed E-state index contributed by atoms with van der Waals surface area (Å²) in [7, 11) is 1.26. The Kier molecular flexibility index (Phi) is 22.4. The van der Waals surface area contributed by atoms with Crippen LogP contribution in [0.25, 0.3) is 0 Å². The number of benzene rings is 1. The number of esters is 3. The minimum Gasteiger partial charge on any atom is -0.505 e. The summed E-state index contributed by atoms with van der Waals surface area (Å²) >= 11 is 12.3. The number of aromatic hydroxyl groups is 2. The van der Waals surface area contributed by atoms with Crippen LogP contribution in [0.3, 0.4) is 0 Å². The lowest BCUT2D eigenvalue weighted by atomic mass is 9.88. The number of phenolic OH excluding ortho intramolecular Hbond substituents is 2. The van der Waals surface area contributed by atoms with Crippen molar-refractivity contribution in [2.24, 2.45) is 11.8 Å². The maximum absolute atomic E-state index is 13.9. The predicted molar refractivity (Wildman–Crippen MR) is 265 cm³/mol. The number of aliphatic hydroxyl groups is 5. The van der Waals surface area contributed by atoms with Crippen molar-refractivity contribution in [3.05, 3.63) is 79.9 Å². The van der Waals surface area contributed by atoms with Gasteiger partial charge >= 0.3 is 17.9 Å². The van der Waals surface area contributed by atoms with Crippen molar-refractivity contribution in [2.45, 2.75) is 187 Å². The number of carbonyl (C=O) groups is 3. The lowest BCUT2D eigenvalue weighted by Crippen LogP contribution is -2.64. The molecule has 0 bridgehead atoms. The molecule has 3 aliphatic rings. The lowest BCUT2D eigenvalue weighted by Gasteiger charge is -2.47. The fourth-order valence-corrected chi connectivity index (χ4v) is 9.16. The third-order valence-corrected chi connectivity index (χ3v) is 13.8. The summed E-state index contributed by atoms with van der Waals surface area (Å²) in [5.41, 5.74) is 0.318. The first-order valence-corrected chi connectivity index (χ1v) is 24.9. The van der Waals surface area contributed by atoms with E-state index in [0.29, 0.717) is 23.1 Å². The van der Waals surface area contributed by atoms with Gasteiger partial charge in [0, 0.05) is 19.4 Å². The van der Waals surface area contributed by atoms with E-state index in [1.165, 1.54) is 33.1 Å². The number of cyclic esters (lactones) is 1. The molecule has 4 rings (SSSR count). The zero-order valence-corrected chi connectivity index (χ0v) is 44.5. The molecule has 18 nitrogen and oxygen atoms in total. The molecule has 8 unspecified atom stereocenters. The van der Waals surface area contributed by atoms with E-state index in [4.69, 9.17) is 61.1 Å². The van der Waals surface area contributed by atoms with Crippen LogP contribution in [-0.2, 0) is 53.9 Å². The normalized spacial score (nSPS) is 34.8. The first-order valence-electron chi connectivity index (χ1n) is 24.2. The quantitative estimate of drug-likeness (QED) is 0.0655. The number of rotatable bonds is 13. The SMILES string of the molecule is CCc1c(Cl)c(O)c(Cl)c(O)c1C(=O)OC1C(C)OC(OC/C2=C\C=C\C[C@H](O)/C(C)=C/[C@H](CC)[C@@H](OC3OC(C)(C)C(OC(=O)C(C)C)C(O)[C@H]3O)/C(C)=C/C(C)=C/C[C@@H]([C@@H](C)O)OC2=O)C(OC)C1O. The third-order valence-electron chi connectivity index (χ3n) is 13.0. The molecule has 0 aromatic heterocycles. The Morgan fingerprint density at radius 2 is 1.57 bits per heavy atom. The van der Waals surface area contributed by atoms with Crippen LogP contribution in [0.1, 0.15) is 111 Å². The van der Waals surface area contributed by atoms with Crippen LogP contribution in [0, 0.1) is 11.8 Å². The highest BCUT2D eigenvalue weighted by Crippen LogP contribution is 2.45. The van der Waals surface area contributed by atoms with E-state index in [1.807, 2.05) is 32.9 Å². The molecule has 0 aliphatic carbocycles. The van der Waals surface area contributed by atoms with Crippen LogP contribution < -0.4 is 0 Å². The average molecular weight is 1060 g/mol. The van der Waals surface area contributed by atoms with Gasteiger partial charge in [0.2, 0.25) is 0 Å². The summed E-state index contributed by atoms with van der Waals surface area (Å²) in [6.07, 6.45) is -5.45. The minimum atomic E-state index is -1.61. The van der Waals surface area contributed by atoms with Gasteiger partial charge in [-0.05, 0) is 90.5 Å². The zero-order chi connectivity index (χ0) is 54.1. The summed E-state index contributed by atoms with van der Waals surface area (Å²) in [4.78, 5) is 40.0. The molecule has 1 aromatic rings. The van der Waals surface area contributed by atoms with E-state index in [9.17, 15) is 50.1 Å². The van der Waals surface area contributed by atoms with Crippen molar-refractivity contribution in [1.82, 2.24) is 0 Å². The molecule has 20 heteroatoms. The van der Waals surface area contributed by atoms with Crippen LogP contribution in [0.15, 0.2) is 58.7 Å². The number of halogens is 2. The monoisotopic (exact) mass is 1060 g/mol. The van der Waals surface area contributed by atoms with Gasteiger partial charge in [0.25, 0.3) is 0 Å². The molecular weight excluding hydrogens is 983 g/mol. The Morgan fingerprint density at radius 1 is 0.903 bits per heavy atom. The fourth-order valence-electron chi connectivity index (χ4n) is 8.60. The number of aliphatic hydroxyl groups excluding tert-OH is 5. The predicted octanol–water partition coefficient (Wildman–Crippen LogP) is 6.23. The molecule has 0 saturated carbocycles. The van der Waals surface area contributed by atoms with Crippen molar-refractivity contribution < 1.29 is 88.0 Å². The summed E-state index contributed by atoms with van der Waals surface area (Å²) in [6.45, 7) is 18.1. The number of ether oxygens (including phenoxy) is 8. The van der Waals surface area contributed by atoms with Crippen LogP contribution in [0.5, 0.6) is 11.5 Å². The highest BCUT2D eigenvalue weighted by molar-refractivity contribution is 6.39. The molecule has 72 heavy (non-hydrogen) atoms. The first kappa shape index (κ1) is 60.7. The van der Waals surface area contributed by atoms with Crippen molar-refractivity contribution in [3.8, 4) is 11.5 Å². The number of methoxy groups -OCH3 is 1. The largest absolute Gasteiger partial charge is 0.505 e. The number of carbonyl (C=O) groups excluding carboxylic acids is 3.